The van der Waals surface area contributed by atoms with Gasteiger partial charge in [-0.25, -0.2) is 0 Å². The molecule has 0 bridgehead atoms. The summed E-state index contributed by atoms with van der Waals surface area (Å²) < 4.78 is 6.92. The van der Waals surface area contributed by atoms with Gasteiger partial charge in [0.15, 0.2) is 0 Å². The highest BCUT2D eigenvalue weighted by Gasteiger charge is 2.19. The third kappa shape index (κ3) is 4.08. The summed E-state index contributed by atoms with van der Waals surface area (Å²) in [5.41, 5.74) is 6.36. The fraction of sp³-hybridized carbons (Fsp3) is 0.643. The number of ether oxygens (including phenoxy) is 1. The predicted molar refractivity (Wildman–Crippen MR) is 76.2 cm³/mol. The molecule has 2 N–H and O–H groups in total. The summed E-state index contributed by atoms with van der Waals surface area (Å²) in [5.74, 6) is 0.622. The van der Waals surface area contributed by atoms with Gasteiger partial charge >= 0.3 is 0 Å². The highest BCUT2D eigenvalue weighted by Crippen LogP contribution is 2.16. The molecule has 0 aromatic carbocycles. The van der Waals surface area contributed by atoms with Gasteiger partial charge in [0.2, 0.25) is 0 Å². The number of methoxy groups -OCH3 is 1. The molecule has 1 aromatic heterocycles. The monoisotopic (exact) mass is 265 g/mol. The third-order valence-electron chi connectivity index (χ3n) is 3.67. The van der Waals surface area contributed by atoms with E-state index in [-0.39, 0.29) is 5.56 Å². The molecule has 19 heavy (non-hydrogen) atoms. The largest absolute Gasteiger partial charge is 0.398 e. The fourth-order valence-electron chi connectivity index (χ4n) is 2.70. The number of rotatable bonds is 5. The number of likely N-dealkylation sites (tertiary alicyclic amines) is 1. The molecule has 1 atom stereocenters. The molecule has 0 aliphatic carbocycles. The van der Waals surface area contributed by atoms with Crippen molar-refractivity contribution in [2.24, 2.45) is 5.92 Å². The van der Waals surface area contributed by atoms with E-state index in [0.717, 1.165) is 26.2 Å². The molecule has 5 heteroatoms. The SMILES string of the molecule is COCC1CCCN(CCn2cc(N)ccc2=O)C1. The maximum atomic E-state index is 11.7. The highest BCUT2D eigenvalue weighted by molar-refractivity contribution is 5.33. The number of nitrogens with two attached hydrogens (primary N) is 1. The predicted octanol–water partition coefficient (Wildman–Crippen LogP) is 0.789. The zero-order chi connectivity index (χ0) is 13.7. The van der Waals surface area contributed by atoms with Crippen LogP contribution in [0.4, 0.5) is 5.69 Å². The highest BCUT2D eigenvalue weighted by atomic mass is 16.5. The normalized spacial score (nSPS) is 20.6. The van der Waals surface area contributed by atoms with Gasteiger partial charge in [-0.15, -0.1) is 0 Å². The van der Waals surface area contributed by atoms with E-state index < -0.39 is 0 Å². The lowest BCUT2D eigenvalue weighted by atomic mass is 9.99. The van der Waals surface area contributed by atoms with Gasteiger partial charge in [-0.1, -0.05) is 0 Å². The second-order valence-corrected chi connectivity index (χ2v) is 5.26. The minimum atomic E-state index is 0.0136. The molecular weight excluding hydrogens is 242 g/mol. The molecule has 106 valence electrons. The van der Waals surface area contributed by atoms with Crippen LogP contribution in [0.1, 0.15) is 12.8 Å². The average molecular weight is 265 g/mol. The van der Waals surface area contributed by atoms with Crippen LogP contribution in [-0.2, 0) is 11.3 Å². The third-order valence-corrected chi connectivity index (χ3v) is 3.67. The van der Waals surface area contributed by atoms with Gasteiger partial charge in [-0.2, -0.15) is 0 Å². The number of pyridine rings is 1. The van der Waals surface area contributed by atoms with Crippen molar-refractivity contribution in [3.8, 4) is 0 Å². The quantitative estimate of drug-likeness (QED) is 0.855. The van der Waals surface area contributed by atoms with Crippen LogP contribution in [0.15, 0.2) is 23.1 Å². The van der Waals surface area contributed by atoms with Crippen molar-refractivity contribution in [1.82, 2.24) is 9.47 Å². The van der Waals surface area contributed by atoms with Crippen molar-refractivity contribution in [3.05, 3.63) is 28.7 Å². The van der Waals surface area contributed by atoms with Crippen LogP contribution in [-0.4, -0.2) is 42.8 Å². The van der Waals surface area contributed by atoms with E-state index in [0.29, 0.717) is 18.2 Å². The Morgan fingerprint density at radius 1 is 1.42 bits per heavy atom. The molecule has 0 spiro atoms. The lowest BCUT2D eigenvalue weighted by Gasteiger charge is -2.32. The molecular formula is C14H23N3O2. The second-order valence-electron chi connectivity index (χ2n) is 5.26. The Morgan fingerprint density at radius 2 is 2.26 bits per heavy atom. The smallest absolute Gasteiger partial charge is 0.250 e. The maximum absolute atomic E-state index is 11.7. The van der Waals surface area contributed by atoms with Crippen LogP contribution in [0.3, 0.4) is 0 Å². The number of nitrogen functional groups attached to an aromatic ring is 1. The summed E-state index contributed by atoms with van der Waals surface area (Å²) in [7, 11) is 1.76. The van der Waals surface area contributed by atoms with Crippen molar-refractivity contribution in [2.45, 2.75) is 19.4 Å². The van der Waals surface area contributed by atoms with Crippen molar-refractivity contribution < 1.29 is 4.74 Å². The minimum absolute atomic E-state index is 0.0136. The summed E-state index contributed by atoms with van der Waals surface area (Å²) in [4.78, 5) is 14.1. The first kappa shape index (κ1) is 14.1. The Bertz CT molecular complexity index is 456. The Labute approximate surface area is 114 Å². The van der Waals surface area contributed by atoms with E-state index in [1.165, 1.54) is 18.9 Å². The van der Waals surface area contributed by atoms with Gasteiger partial charge in [0.1, 0.15) is 0 Å². The summed E-state index contributed by atoms with van der Waals surface area (Å²) >= 11 is 0. The Hall–Kier alpha value is -1.33. The first-order chi connectivity index (χ1) is 9.19. The fourth-order valence-corrected chi connectivity index (χ4v) is 2.70. The molecule has 5 nitrogen and oxygen atoms in total. The zero-order valence-electron chi connectivity index (χ0n) is 11.5. The Balaban J connectivity index is 1.87. The molecule has 1 fully saturated rings. The summed E-state index contributed by atoms with van der Waals surface area (Å²) in [6.45, 7) is 4.59. The first-order valence-corrected chi connectivity index (χ1v) is 6.86. The molecule has 0 radical (unpaired) electrons. The van der Waals surface area contributed by atoms with Crippen molar-refractivity contribution in [2.75, 3.05) is 39.1 Å². The molecule has 0 saturated carbocycles. The summed E-state index contributed by atoms with van der Waals surface area (Å²) in [5, 5.41) is 0. The lowest BCUT2D eigenvalue weighted by molar-refractivity contribution is 0.0889. The standard InChI is InChI=1S/C14H23N3O2/c1-19-11-12-3-2-6-16(9-12)7-8-17-10-13(15)4-5-14(17)18/h4-5,10,12H,2-3,6-9,11,15H2,1H3. The van der Waals surface area contributed by atoms with Crippen LogP contribution >= 0.6 is 0 Å². The van der Waals surface area contributed by atoms with E-state index in [1.807, 2.05) is 0 Å². The second kappa shape index (κ2) is 6.73. The minimum Gasteiger partial charge on any atom is -0.398 e. The number of piperidine rings is 1. The van der Waals surface area contributed by atoms with E-state index in [4.69, 9.17) is 10.5 Å². The Morgan fingerprint density at radius 3 is 3.05 bits per heavy atom. The number of aromatic nitrogens is 1. The van der Waals surface area contributed by atoms with E-state index in [1.54, 1.807) is 23.9 Å². The molecule has 2 heterocycles. The van der Waals surface area contributed by atoms with Crippen LogP contribution in [0.2, 0.25) is 0 Å². The van der Waals surface area contributed by atoms with Gasteiger partial charge < -0.3 is 19.9 Å². The molecule has 1 aliphatic rings. The maximum Gasteiger partial charge on any atom is 0.250 e. The molecule has 1 aliphatic heterocycles. The molecule has 2 rings (SSSR count). The van der Waals surface area contributed by atoms with Crippen LogP contribution < -0.4 is 11.3 Å². The van der Waals surface area contributed by atoms with E-state index in [2.05, 4.69) is 4.90 Å². The first-order valence-electron chi connectivity index (χ1n) is 6.86. The van der Waals surface area contributed by atoms with Crippen LogP contribution in [0.5, 0.6) is 0 Å². The van der Waals surface area contributed by atoms with E-state index >= 15 is 0 Å². The van der Waals surface area contributed by atoms with Gasteiger partial charge in [0, 0.05) is 44.7 Å². The van der Waals surface area contributed by atoms with Gasteiger partial charge in [0.05, 0.1) is 6.61 Å². The van der Waals surface area contributed by atoms with Gasteiger partial charge in [0.25, 0.3) is 5.56 Å². The number of hydrogen-bond donors (Lipinski definition) is 1. The van der Waals surface area contributed by atoms with Crippen molar-refractivity contribution in [3.63, 3.8) is 0 Å². The van der Waals surface area contributed by atoms with Crippen LogP contribution in [0.25, 0.3) is 0 Å². The Kier molecular flexibility index (Phi) is 4.99. The summed E-state index contributed by atoms with van der Waals surface area (Å²) in [6, 6.07) is 3.17. The molecule has 1 aromatic rings. The molecule has 0 amide bonds. The number of hydrogen-bond acceptors (Lipinski definition) is 4. The molecule has 1 unspecified atom stereocenters. The zero-order valence-corrected chi connectivity index (χ0v) is 11.5. The number of nitrogens with zero attached hydrogens (tertiary/aromatic N) is 2. The van der Waals surface area contributed by atoms with Crippen LogP contribution in [0, 0.1) is 5.92 Å². The number of anilines is 1. The molecule has 1 saturated heterocycles. The summed E-state index contributed by atoms with van der Waals surface area (Å²) in [6.07, 6.45) is 4.17. The lowest BCUT2D eigenvalue weighted by Crippen LogP contribution is -2.39. The van der Waals surface area contributed by atoms with Crippen molar-refractivity contribution >= 4 is 5.69 Å². The van der Waals surface area contributed by atoms with Crippen molar-refractivity contribution in [1.29, 1.82) is 0 Å². The topological polar surface area (TPSA) is 60.5 Å². The van der Waals surface area contributed by atoms with Gasteiger partial charge in [-0.05, 0) is 31.4 Å². The van der Waals surface area contributed by atoms with Gasteiger partial charge in [-0.3, -0.25) is 4.79 Å². The average Bonchev–Trinajstić information content (AvgIpc) is 2.41. The van der Waals surface area contributed by atoms with E-state index in [9.17, 15) is 4.79 Å².